The number of nitrogens with one attached hydrogen (secondary N) is 1. The fourth-order valence-electron chi connectivity index (χ4n) is 2.74. The van der Waals surface area contributed by atoms with Crippen molar-refractivity contribution in [3.05, 3.63) is 34.9 Å². The van der Waals surface area contributed by atoms with Crippen molar-refractivity contribution in [2.45, 2.75) is 25.9 Å². The summed E-state index contributed by atoms with van der Waals surface area (Å²) in [6.45, 7) is 7.45. The first kappa shape index (κ1) is 15.8. The summed E-state index contributed by atoms with van der Waals surface area (Å²) in [6, 6.07) is 7.39. The second-order valence-electron chi connectivity index (χ2n) is 5.84. The summed E-state index contributed by atoms with van der Waals surface area (Å²) in [5.74, 6) is 0.616. The first-order valence-electron chi connectivity index (χ1n) is 7.52. The van der Waals surface area contributed by atoms with E-state index in [0.717, 1.165) is 18.7 Å². The van der Waals surface area contributed by atoms with E-state index >= 15 is 0 Å². The Morgan fingerprint density at radius 1 is 1.20 bits per heavy atom. The van der Waals surface area contributed by atoms with Gasteiger partial charge < -0.3 is 15.3 Å². The quantitative estimate of drug-likeness (QED) is 0.812. The molecule has 1 aromatic rings. The molecule has 1 fully saturated rings. The second-order valence-corrected chi connectivity index (χ2v) is 6.27. The number of aliphatic hydroxyl groups excluding tert-OH is 1. The molecule has 20 heavy (non-hydrogen) atoms. The van der Waals surface area contributed by atoms with Crippen LogP contribution in [-0.4, -0.2) is 42.7 Å². The summed E-state index contributed by atoms with van der Waals surface area (Å²) < 4.78 is 0. The Morgan fingerprint density at radius 2 is 1.85 bits per heavy atom. The van der Waals surface area contributed by atoms with Gasteiger partial charge in [-0.15, -0.1) is 0 Å². The van der Waals surface area contributed by atoms with E-state index in [9.17, 15) is 5.11 Å². The predicted molar refractivity (Wildman–Crippen MR) is 84.1 cm³/mol. The lowest BCUT2D eigenvalue weighted by Crippen LogP contribution is -2.33. The standard InChI is InChI=1S/C16H25ClN2O/c1-13(12-19-8-2-3-9-19)10-18-11-16(20)14-4-6-15(17)7-5-14/h4-7,13,16,18,20H,2-3,8-12H2,1H3. The van der Waals surface area contributed by atoms with Gasteiger partial charge in [-0.3, -0.25) is 0 Å². The first-order valence-corrected chi connectivity index (χ1v) is 7.89. The maximum Gasteiger partial charge on any atom is 0.0914 e. The normalized spacial score (nSPS) is 19.1. The topological polar surface area (TPSA) is 35.5 Å². The maximum absolute atomic E-state index is 10.1. The fourth-order valence-corrected chi connectivity index (χ4v) is 2.87. The highest BCUT2D eigenvalue weighted by atomic mass is 35.5. The number of hydrogen-bond acceptors (Lipinski definition) is 3. The molecule has 2 N–H and O–H groups in total. The molecule has 1 aliphatic rings. The summed E-state index contributed by atoms with van der Waals surface area (Å²) in [6.07, 6.45) is 2.22. The SMILES string of the molecule is CC(CNCC(O)c1ccc(Cl)cc1)CN1CCCC1. The van der Waals surface area contributed by atoms with E-state index in [2.05, 4.69) is 17.1 Å². The Hall–Kier alpha value is -0.610. The van der Waals surface area contributed by atoms with Crippen LogP contribution in [0.3, 0.4) is 0 Å². The van der Waals surface area contributed by atoms with Crippen LogP contribution in [0.25, 0.3) is 0 Å². The monoisotopic (exact) mass is 296 g/mol. The Morgan fingerprint density at radius 3 is 2.50 bits per heavy atom. The summed E-state index contributed by atoms with van der Waals surface area (Å²) in [4.78, 5) is 2.53. The van der Waals surface area contributed by atoms with Crippen LogP contribution in [0.15, 0.2) is 24.3 Å². The highest BCUT2D eigenvalue weighted by molar-refractivity contribution is 6.30. The van der Waals surface area contributed by atoms with Crippen LogP contribution >= 0.6 is 11.6 Å². The Balaban J connectivity index is 1.65. The van der Waals surface area contributed by atoms with Gasteiger partial charge in [-0.2, -0.15) is 0 Å². The van der Waals surface area contributed by atoms with Crippen molar-refractivity contribution >= 4 is 11.6 Å². The summed E-state index contributed by atoms with van der Waals surface area (Å²) in [5, 5.41) is 14.2. The first-order chi connectivity index (χ1) is 9.65. The molecule has 2 rings (SSSR count). The molecule has 1 saturated heterocycles. The van der Waals surface area contributed by atoms with Gasteiger partial charge in [-0.1, -0.05) is 30.7 Å². The highest BCUT2D eigenvalue weighted by Crippen LogP contribution is 2.16. The third kappa shape index (κ3) is 5.06. The molecular weight excluding hydrogens is 272 g/mol. The molecular formula is C16H25ClN2O. The van der Waals surface area contributed by atoms with Gasteiger partial charge in [0.15, 0.2) is 0 Å². The van der Waals surface area contributed by atoms with Crippen LogP contribution in [0.2, 0.25) is 5.02 Å². The van der Waals surface area contributed by atoms with Crippen molar-refractivity contribution < 1.29 is 5.11 Å². The molecule has 0 amide bonds. The van der Waals surface area contributed by atoms with Crippen molar-refractivity contribution in [2.75, 3.05) is 32.7 Å². The predicted octanol–water partition coefficient (Wildman–Crippen LogP) is 2.69. The van der Waals surface area contributed by atoms with Gasteiger partial charge >= 0.3 is 0 Å². The zero-order valence-electron chi connectivity index (χ0n) is 12.2. The van der Waals surface area contributed by atoms with Gasteiger partial charge in [0.1, 0.15) is 0 Å². The van der Waals surface area contributed by atoms with E-state index in [1.165, 1.54) is 25.9 Å². The van der Waals surface area contributed by atoms with Crippen molar-refractivity contribution in [3.63, 3.8) is 0 Å². The smallest absolute Gasteiger partial charge is 0.0914 e. The van der Waals surface area contributed by atoms with Crippen LogP contribution in [0, 0.1) is 5.92 Å². The van der Waals surface area contributed by atoms with Crippen molar-refractivity contribution in [3.8, 4) is 0 Å². The third-order valence-electron chi connectivity index (χ3n) is 3.85. The van der Waals surface area contributed by atoms with E-state index in [4.69, 9.17) is 11.6 Å². The molecule has 2 atom stereocenters. The molecule has 112 valence electrons. The molecule has 0 aliphatic carbocycles. The largest absolute Gasteiger partial charge is 0.387 e. The molecule has 3 nitrogen and oxygen atoms in total. The van der Waals surface area contributed by atoms with E-state index in [1.54, 1.807) is 0 Å². The van der Waals surface area contributed by atoms with Gasteiger partial charge in [0.25, 0.3) is 0 Å². The minimum absolute atomic E-state index is 0.466. The van der Waals surface area contributed by atoms with Gasteiger partial charge in [0.05, 0.1) is 6.10 Å². The lowest BCUT2D eigenvalue weighted by Gasteiger charge is -2.21. The highest BCUT2D eigenvalue weighted by Gasteiger charge is 2.14. The van der Waals surface area contributed by atoms with Crippen LogP contribution in [0.4, 0.5) is 0 Å². The number of hydrogen-bond donors (Lipinski definition) is 2. The summed E-state index contributed by atoms with van der Waals surface area (Å²) in [7, 11) is 0. The lowest BCUT2D eigenvalue weighted by atomic mass is 10.1. The average molecular weight is 297 g/mol. The number of nitrogens with zero attached hydrogens (tertiary/aromatic N) is 1. The van der Waals surface area contributed by atoms with Gasteiger partial charge in [-0.25, -0.2) is 0 Å². The minimum atomic E-state index is -0.466. The molecule has 0 aromatic heterocycles. The molecule has 0 spiro atoms. The zero-order valence-corrected chi connectivity index (χ0v) is 12.9. The van der Waals surface area contributed by atoms with E-state index in [1.807, 2.05) is 24.3 Å². The molecule has 1 aromatic carbocycles. The van der Waals surface area contributed by atoms with Crippen molar-refractivity contribution in [2.24, 2.45) is 5.92 Å². The molecule has 0 radical (unpaired) electrons. The van der Waals surface area contributed by atoms with E-state index < -0.39 is 6.10 Å². The van der Waals surface area contributed by atoms with Crippen LogP contribution in [-0.2, 0) is 0 Å². The molecule has 0 saturated carbocycles. The van der Waals surface area contributed by atoms with Gasteiger partial charge in [0, 0.05) is 18.1 Å². The second kappa shape index (κ2) is 7.99. The third-order valence-corrected chi connectivity index (χ3v) is 4.11. The summed E-state index contributed by atoms with van der Waals surface area (Å²) >= 11 is 5.84. The zero-order chi connectivity index (χ0) is 14.4. The number of benzene rings is 1. The van der Waals surface area contributed by atoms with Crippen molar-refractivity contribution in [1.82, 2.24) is 10.2 Å². The number of halogens is 1. The molecule has 0 bridgehead atoms. The fraction of sp³-hybridized carbons (Fsp3) is 0.625. The van der Waals surface area contributed by atoms with Gasteiger partial charge in [0.2, 0.25) is 0 Å². The van der Waals surface area contributed by atoms with Gasteiger partial charge in [-0.05, 0) is 56.1 Å². The number of rotatable bonds is 7. The Labute approximate surface area is 126 Å². The lowest BCUT2D eigenvalue weighted by molar-refractivity contribution is 0.171. The number of aliphatic hydroxyl groups is 1. The van der Waals surface area contributed by atoms with Crippen LogP contribution < -0.4 is 5.32 Å². The molecule has 1 aliphatic heterocycles. The Kier molecular flexibility index (Phi) is 6.30. The maximum atomic E-state index is 10.1. The van der Waals surface area contributed by atoms with Crippen LogP contribution in [0.5, 0.6) is 0 Å². The minimum Gasteiger partial charge on any atom is -0.387 e. The average Bonchev–Trinajstić information content (AvgIpc) is 2.92. The summed E-state index contributed by atoms with van der Waals surface area (Å²) in [5.41, 5.74) is 0.911. The van der Waals surface area contributed by atoms with Crippen molar-refractivity contribution in [1.29, 1.82) is 0 Å². The van der Waals surface area contributed by atoms with E-state index in [-0.39, 0.29) is 0 Å². The molecule has 2 unspecified atom stereocenters. The van der Waals surface area contributed by atoms with Crippen LogP contribution in [0.1, 0.15) is 31.4 Å². The molecule has 1 heterocycles. The Bertz CT molecular complexity index is 390. The number of likely N-dealkylation sites (tertiary alicyclic amines) is 1. The van der Waals surface area contributed by atoms with E-state index in [0.29, 0.717) is 17.5 Å². The molecule has 4 heteroatoms.